The van der Waals surface area contributed by atoms with E-state index in [4.69, 9.17) is 109 Å². The van der Waals surface area contributed by atoms with Gasteiger partial charge in [-0.15, -0.1) is 0 Å². The van der Waals surface area contributed by atoms with Gasteiger partial charge in [0.15, 0.2) is 55.5 Å². The zero-order chi connectivity index (χ0) is 96.4. The Morgan fingerprint density at radius 2 is 0.692 bits per heavy atom. The van der Waals surface area contributed by atoms with Crippen LogP contribution < -0.4 is 36.4 Å². The van der Waals surface area contributed by atoms with Gasteiger partial charge in [-0.05, 0) is 51.8 Å². The number of amides is 6. The first-order valence-electron chi connectivity index (χ1n) is 42.2. The van der Waals surface area contributed by atoms with Crippen molar-refractivity contribution in [2.45, 2.75) is 234 Å². The lowest BCUT2D eigenvalue weighted by molar-refractivity contribution is -0.279. The summed E-state index contributed by atoms with van der Waals surface area (Å²) in [5, 5.41) is 25.6. The van der Waals surface area contributed by atoms with Gasteiger partial charge in [0.25, 0.3) is 0 Å². The molecule has 0 bridgehead atoms. The minimum Gasteiger partial charge on any atom is -0.463 e. The van der Waals surface area contributed by atoms with Crippen LogP contribution in [0.4, 0.5) is 0 Å². The highest BCUT2D eigenvalue weighted by Gasteiger charge is 2.55. The van der Waals surface area contributed by atoms with Crippen molar-refractivity contribution in [2.75, 3.05) is 158 Å². The van der Waals surface area contributed by atoms with Gasteiger partial charge in [-0.3, -0.25) is 76.8 Å². The van der Waals surface area contributed by atoms with Crippen LogP contribution in [-0.2, 0) is 182 Å². The summed E-state index contributed by atoms with van der Waals surface area (Å²) in [6.07, 6.45) is -15.7. The molecular weight excluding hydrogens is 1750 g/mol. The lowest BCUT2D eigenvalue weighted by Crippen LogP contribution is -2.66. The fourth-order valence-electron chi connectivity index (χ4n) is 13.3. The number of nitrogens with zero attached hydrogens (tertiary/aromatic N) is 3. The molecule has 0 spiro atoms. The summed E-state index contributed by atoms with van der Waals surface area (Å²) in [5.41, 5.74) is 0.560. The molecule has 1 aromatic carbocycles. The van der Waals surface area contributed by atoms with Crippen LogP contribution in [0.2, 0.25) is 0 Å². The van der Waals surface area contributed by atoms with Crippen molar-refractivity contribution in [2.24, 2.45) is 0 Å². The summed E-state index contributed by atoms with van der Waals surface area (Å²) in [4.78, 5) is 191. The van der Waals surface area contributed by atoms with Crippen LogP contribution in [0.5, 0.6) is 5.75 Å². The summed E-state index contributed by atoms with van der Waals surface area (Å²) >= 11 is 0. The predicted molar refractivity (Wildman–Crippen MR) is 445 cm³/mol. The maximum Gasteiger partial charge on any atom is 0.321 e. The first kappa shape index (κ1) is 113. The van der Waals surface area contributed by atoms with Crippen molar-refractivity contribution >= 4 is 97.7 Å². The van der Waals surface area contributed by atoms with Crippen LogP contribution >= 0.6 is 8.53 Å². The molecule has 16 unspecified atom stereocenters. The third-order valence-corrected chi connectivity index (χ3v) is 20.2. The lowest BCUT2D eigenvalue weighted by atomic mass is 9.96. The zero-order valence-corrected chi connectivity index (χ0v) is 77.3. The fraction of sp³-hybridized carbons (Fsp3) is 0.732. The van der Waals surface area contributed by atoms with Crippen LogP contribution in [0.3, 0.4) is 0 Å². The van der Waals surface area contributed by atoms with Crippen LogP contribution in [0.1, 0.15) is 123 Å². The molecule has 6 amide bonds. The Morgan fingerprint density at radius 1 is 0.392 bits per heavy atom. The summed E-state index contributed by atoms with van der Waals surface area (Å²) in [6, 6.07) is 3.91. The van der Waals surface area contributed by atoms with Crippen molar-refractivity contribution in [1.82, 2.24) is 41.5 Å². The molecule has 734 valence electrons. The second-order valence-corrected chi connectivity index (χ2v) is 31.2. The Morgan fingerprint density at radius 3 is 0.985 bits per heavy atom. The average molecular weight is 1880 g/mol. The number of hydrogen-bond acceptors (Lipinski definition) is 41. The zero-order valence-electron chi connectivity index (χ0n) is 76.4. The molecule has 1 aromatic rings. The highest BCUT2D eigenvalue weighted by atomic mass is 31.2. The Balaban J connectivity index is 1.52. The van der Waals surface area contributed by atoms with E-state index >= 15 is 0 Å². The molecule has 17 atom stereocenters. The minimum atomic E-state index is -1.73. The number of esters is 9. The number of nitriles is 1. The van der Waals surface area contributed by atoms with Gasteiger partial charge in [-0.25, -0.2) is 4.67 Å². The SMILES string of the molecule is CC(=O)NC1C(OCCOCCOCCNC(=O)CN(CC(=O)NCCOCCOCCOC2OC(COC(C)=O)C(OC(C)=O)C(OC(C)=O)C2NC(C)=O)C(Cc2ccc(OP(OCCC#N)N(C(C)C)C(C)C)cc2)C(=O)NCCOCCOCCO[C@@H]2OC(COC(C)=O)C(OC(C)=O)C(OC(C)=O)C2NC(C)=O)OC(COC(C)=O)C(OC(C)=O)C1OC(C)=O. The molecule has 48 heteroatoms. The van der Waals surface area contributed by atoms with Crippen LogP contribution in [0, 0.1) is 11.3 Å². The van der Waals surface area contributed by atoms with E-state index in [1.165, 1.54) is 25.7 Å². The molecule has 3 fully saturated rings. The van der Waals surface area contributed by atoms with Crippen molar-refractivity contribution < 1.29 is 180 Å². The molecule has 3 heterocycles. The van der Waals surface area contributed by atoms with Gasteiger partial charge < -0.3 is 140 Å². The second-order valence-electron chi connectivity index (χ2n) is 29.8. The van der Waals surface area contributed by atoms with Gasteiger partial charge >= 0.3 is 62.2 Å². The molecule has 0 radical (unpaired) electrons. The highest BCUT2D eigenvalue weighted by Crippen LogP contribution is 2.46. The van der Waals surface area contributed by atoms with Gasteiger partial charge in [-0.1, -0.05) is 12.1 Å². The standard InChI is InChI=1S/C82H128N9O38P/c1-48(2)91(49(3)4)130(119-26-17-22-83)129-63-20-18-62(19-21-63)42-64(79(106)86-25-29-109-32-35-112-38-41-115-82-72(89-52(7)94)78(125-61(16)103)75(122-58(13)100)67(128-82)47-118-55(10)97)90(43-68(104)84-23-27-107-30-33-110-36-39-113-80-70(87-50(5)92)76(123-59(14)101)73(120-56(11)98)65(126-80)45-116-53(8)95)44-69(105)85-24-28-108-31-34-111-37-40-114-81-71(88-51(6)93)77(124-60(15)102)74(121-57(12)99)66(127-81)46-117-54(9)96/h18-21,48-49,64-67,70-78,80-82H,17,23-47H2,1-16H3,(H,84,104)(H,85,105)(H,86,106)(H,87,92)(H,88,93)(H,89,94)/t64?,65?,66?,67?,70?,71?,72?,73?,74?,75?,76?,77?,78?,80?,81?,82-,130?/m1/s1. The van der Waals surface area contributed by atoms with E-state index in [-0.39, 0.29) is 150 Å². The summed E-state index contributed by atoms with van der Waals surface area (Å²) in [7, 11) is -1.73. The van der Waals surface area contributed by atoms with E-state index in [1.807, 2.05) is 32.4 Å². The maximum absolute atomic E-state index is 14.9. The van der Waals surface area contributed by atoms with E-state index in [9.17, 15) is 77.2 Å². The van der Waals surface area contributed by atoms with E-state index in [1.54, 1.807) is 24.3 Å². The number of ether oxygens (including phenoxy) is 21. The third-order valence-electron chi connectivity index (χ3n) is 18.2. The number of carbonyl (C=O) groups is 15. The van der Waals surface area contributed by atoms with Gasteiger partial charge in [0.1, 0.15) is 62.0 Å². The van der Waals surface area contributed by atoms with Gasteiger partial charge in [0.05, 0.1) is 137 Å². The van der Waals surface area contributed by atoms with E-state index in [0.717, 1.165) is 62.3 Å². The van der Waals surface area contributed by atoms with Gasteiger partial charge in [0, 0.05) is 115 Å². The van der Waals surface area contributed by atoms with Crippen LogP contribution in [0.25, 0.3) is 0 Å². The third kappa shape index (κ3) is 44.5. The normalized spacial score (nSPS) is 22.2. The van der Waals surface area contributed by atoms with Crippen molar-refractivity contribution in [3.63, 3.8) is 0 Å². The number of nitrogens with one attached hydrogen (secondary N) is 6. The summed E-state index contributed by atoms with van der Waals surface area (Å²) in [6.45, 7) is 18.2. The predicted octanol–water partition coefficient (Wildman–Crippen LogP) is -0.979. The molecule has 0 aliphatic carbocycles. The highest BCUT2D eigenvalue weighted by molar-refractivity contribution is 7.45. The van der Waals surface area contributed by atoms with Crippen LogP contribution in [0.15, 0.2) is 24.3 Å². The number of benzene rings is 1. The number of hydrogen-bond donors (Lipinski definition) is 6. The van der Waals surface area contributed by atoms with Crippen LogP contribution in [-0.4, -0.2) is 367 Å². The van der Waals surface area contributed by atoms with Gasteiger partial charge in [0.2, 0.25) is 35.4 Å². The molecule has 6 N–H and O–H groups in total. The Bertz CT molecular complexity index is 3640. The Hall–Kier alpha value is -9.61. The second kappa shape index (κ2) is 61.9. The molecule has 47 nitrogen and oxygen atoms in total. The fourth-order valence-corrected chi connectivity index (χ4v) is 14.8. The van der Waals surface area contributed by atoms with Crippen molar-refractivity contribution in [1.29, 1.82) is 5.26 Å². The molecule has 130 heavy (non-hydrogen) atoms. The largest absolute Gasteiger partial charge is 0.463 e. The molecule has 0 saturated carbocycles. The van der Waals surface area contributed by atoms with E-state index in [2.05, 4.69) is 38.0 Å². The molecule has 0 aromatic heterocycles. The van der Waals surface area contributed by atoms with E-state index in [0.29, 0.717) is 11.3 Å². The lowest BCUT2D eigenvalue weighted by Gasteiger charge is -2.44. The Kier molecular flexibility index (Phi) is 53.7. The first-order chi connectivity index (χ1) is 61.8. The number of carbonyl (C=O) groups excluding carboxylic acids is 15. The van der Waals surface area contributed by atoms with Crippen molar-refractivity contribution in [3.05, 3.63) is 29.8 Å². The molecule has 3 aliphatic rings. The monoisotopic (exact) mass is 1880 g/mol. The minimum absolute atomic E-state index is 0.00306. The first-order valence-corrected chi connectivity index (χ1v) is 43.3. The number of rotatable bonds is 61. The topological polar surface area (TPSA) is 571 Å². The maximum atomic E-state index is 14.9. The van der Waals surface area contributed by atoms with Crippen molar-refractivity contribution in [3.8, 4) is 11.8 Å². The molecular formula is C82H128N9O38P. The molecule has 3 saturated heterocycles. The van der Waals surface area contributed by atoms with E-state index < -0.39 is 229 Å². The smallest absolute Gasteiger partial charge is 0.321 e. The average Bonchev–Trinajstić information content (AvgIpc) is 0.792. The Labute approximate surface area is 755 Å². The quantitative estimate of drug-likeness (QED) is 0.0198. The molecule has 4 rings (SSSR count). The summed E-state index contributed by atoms with van der Waals surface area (Å²) < 4.78 is 134. The summed E-state index contributed by atoms with van der Waals surface area (Å²) in [5.74, 6) is -10.0. The molecule has 3 aliphatic heterocycles. The van der Waals surface area contributed by atoms with Gasteiger partial charge in [-0.2, -0.15) is 5.26 Å².